The molecule has 0 bridgehead atoms. The van der Waals surface area contributed by atoms with Crippen molar-refractivity contribution in [3.63, 3.8) is 0 Å². The Bertz CT molecular complexity index is 1070. The van der Waals surface area contributed by atoms with Crippen molar-refractivity contribution in [2.45, 2.75) is 13.1 Å². The molecule has 3 rings (SSSR count). The van der Waals surface area contributed by atoms with Crippen LogP contribution in [0, 0.1) is 0 Å². The van der Waals surface area contributed by atoms with Gasteiger partial charge in [-0.05, 0) is 35.4 Å². The lowest BCUT2D eigenvalue weighted by atomic mass is 10.1. The van der Waals surface area contributed by atoms with E-state index in [2.05, 4.69) is 0 Å². The number of benzene rings is 3. The van der Waals surface area contributed by atoms with Gasteiger partial charge in [0.25, 0.3) is 5.91 Å². The van der Waals surface area contributed by atoms with Crippen molar-refractivity contribution in [3.05, 3.63) is 89.5 Å². The van der Waals surface area contributed by atoms with Gasteiger partial charge in [-0.15, -0.1) is 0 Å². The molecule has 0 aliphatic heterocycles. The molecule has 3 aromatic rings. The van der Waals surface area contributed by atoms with Crippen LogP contribution in [0.3, 0.4) is 0 Å². The van der Waals surface area contributed by atoms with Gasteiger partial charge in [0, 0.05) is 19.2 Å². The standard InChI is InChI=1S/C25H25NO6/c1-30-20-10-6-9-19(13-20)16-26(15-18-7-4-3-5-8-18)24(27)17-32-23-14-21(31-2)11-12-22(23)25(28)29/h3-14H,15-17H2,1-2H3,(H,28,29). The lowest BCUT2D eigenvalue weighted by molar-refractivity contribution is -0.134. The summed E-state index contributed by atoms with van der Waals surface area (Å²) in [5, 5.41) is 9.41. The Morgan fingerprint density at radius 3 is 2.16 bits per heavy atom. The molecule has 1 N–H and O–H groups in total. The van der Waals surface area contributed by atoms with Gasteiger partial charge < -0.3 is 24.2 Å². The highest BCUT2D eigenvalue weighted by Crippen LogP contribution is 2.25. The average molecular weight is 435 g/mol. The van der Waals surface area contributed by atoms with Gasteiger partial charge in [0.1, 0.15) is 22.8 Å². The van der Waals surface area contributed by atoms with Crippen molar-refractivity contribution in [2.75, 3.05) is 20.8 Å². The highest BCUT2D eigenvalue weighted by atomic mass is 16.5. The van der Waals surface area contributed by atoms with Crippen LogP contribution in [0.2, 0.25) is 0 Å². The van der Waals surface area contributed by atoms with Gasteiger partial charge in [0.2, 0.25) is 0 Å². The fourth-order valence-electron chi connectivity index (χ4n) is 3.18. The molecule has 0 heterocycles. The summed E-state index contributed by atoms with van der Waals surface area (Å²) in [7, 11) is 3.06. The van der Waals surface area contributed by atoms with Crippen LogP contribution in [0.5, 0.6) is 17.2 Å². The van der Waals surface area contributed by atoms with E-state index in [0.29, 0.717) is 24.6 Å². The van der Waals surface area contributed by atoms with Crippen molar-refractivity contribution in [1.29, 1.82) is 0 Å². The molecular formula is C25H25NO6. The fraction of sp³-hybridized carbons (Fsp3) is 0.200. The van der Waals surface area contributed by atoms with E-state index >= 15 is 0 Å². The predicted molar refractivity (Wildman–Crippen MR) is 119 cm³/mol. The molecule has 0 aliphatic rings. The van der Waals surface area contributed by atoms with Crippen LogP contribution in [0.4, 0.5) is 0 Å². The first-order valence-corrected chi connectivity index (χ1v) is 9.99. The summed E-state index contributed by atoms with van der Waals surface area (Å²) in [4.78, 5) is 26.3. The molecule has 0 unspecified atom stereocenters. The van der Waals surface area contributed by atoms with Gasteiger partial charge in [0.15, 0.2) is 6.61 Å². The van der Waals surface area contributed by atoms with E-state index < -0.39 is 5.97 Å². The maximum absolute atomic E-state index is 13.1. The average Bonchev–Trinajstić information content (AvgIpc) is 2.82. The summed E-state index contributed by atoms with van der Waals surface area (Å²) in [5.74, 6) is -0.210. The number of amides is 1. The third kappa shape index (κ3) is 6.01. The van der Waals surface area contributed by atoms with E-state index in [0.717, 1.165) is 11.1 Å². The molecule has 0 saturated heterocycles. The Morgan fingerprint density at radius 1 is 0.812 bits per heavy atom. The van der Waals surface area contributed by atoms with Crippen LogP contribution in [-0.2, 0) is 17.9 Å². The number of methoxy groups -OCH3 is 2. The first-order chi connectivity index (χ1) is 15.5. The minimum absolute atomic E-state index is 0.0407. The van der Waals surface area contributed by atoms with E-state index in [1.54, 1.807) is 12.0 Å². The van der Waals surface area contributed by atoms with Crippen LogP contribution in [0.1, 0.15) is 21.5 Å². The molecule has 1 amide bonds. The number of aromatic carboxylic acids is 1. The summed E-state index contributed by atoms with van der Waals surface area (Å²) < 4.78 is 16.1. The normalized spacial score (nSPS) is 10.3. The molecular weight excluding hydrogens is 410 g/mol. The highest BCUT2D eigenvalue weighted by Gasteiger charge is 2.19. The number of ether oxygens (including phenoxy) is 3. The number of carboxylic acid groups (broad SMARTS) is 1. The summed E-state index contributed by atoms with van der Waals surface area (Å²) in [6.45, 7) is 0.409. The second-order valence-corrected chi connectivity index (χ2v) is 7.04. The maximum Gasteiger partial charge on any atom is 0.339 e. The molecule has 32 heavy (non-hydrogen) atoms. The van der Waals surface area contributed by atoms with Gasteiger partial charge in [-0.2, -0.15) is 0 Å². The molecule has 3 aromatic carbocycles. The first kappa shape index (κ1) is 22.7. The van der Waals surface area contributed by atoms with Crippen molar-refractivity contribution >= 4 is 11.9 Å². The largest absolute Gasteiger partial charge is 0.497 e. The van der Waals surface area contributed by atoms with Crippen LogP contribution in [-0.4, -0.2) is 42.7 Å². The Kier molecular flexibility index (Phi) is 7.70. The van der Waals surface area contributed by atoms with Crippen molar-refractivity contribution in [1.82, 2.24) is 4.90 Å². The van der Waals surface area contributed by atoms with Gasteiger partial charge in [0.05, 0.1) is 14.2 Å². The Hall–Kier alpha value is -4.00. The molecule has 7 nitrogen and oxygen atoms in total. The monoisotopic (exact) mass is 435 g/mol. The molecule has 0 fully saturated rings. The number of nitrogens with zero attached hydrogens (tertiary/aromatic N) is 1. The van der Waals surface area contributed by atoms with Crippen LogP contribution >= 0.6 is 0 Å². The quantitative estimate of drug-likeness (QED) is 0.518. The zero-order valence-electron chi connectivity index (χ0n) is 18.0. The topological polar surface area (TPSA) is 85.3 Å². The lowest BCUT2D eigenvalue weighted by Gasteiger charge is -2.23. The Balaban J connectivity index is 1.79. The van der Waals surface area contributed by atoms with Gasteiger partial charge >= 0.3 is 5.97 Å². The second-order valence-electron chi connectivity index (χ2n) is 7.04. The zero-order valence-corrected chi connectivity index (χ0v) is 18.0. The Morgan fingerprint density at radius 2 is 1.47 bits per heavy atom. The number of carbonyl (C=O) groups excluding carboxylic acids is 1. The van der Waals surface area contributed by atoms with Gasteiger partial charge in [-0.3, -0.25) is 4.79 Å². The van der Waals surface area contributed by atoms with E-state index in [1.165, 1.54) is 25.3 Å². The number of hydrogen-bond acceptors (Lipinski definition) is 5. The third-order valence-corrected chi connectivity index (χ3v) is 4.85. The summed E-state index contributed by atoms with van der Waals surface area (Å²) in [6, 6.07) is 21.5. The summed E-state index contributed by atoms with van der Waals surface area (Å²) >= 11 is 0. The van der Waals surface area contributed by atoms with E-state index in [4.69, 9.17) is 14.2 Å². The van der Waals surface area contributed by atoms with E-state index in [1.807, 2.05) is 54.6 Å². The minimum atomic E-state index is -1.15. The van der Waals surface area contributed by atoms with Crippen LogP contribution in [0.15, 0.2) is 72.8 Å². The van der Waals surface area contributed by atoms with Crippen molar-refractivity contribution < 1.29 is 28.9 Å². The SMILES string of the molecule is COc1cccc(CN(Cc2ccccc2)C(=O)COc2cc(OC)ccc2C(=O)O)c1. The number of rotatable bonds is 10. The number of hydrogen-bond donors (Lipinski definition) is 1. The molecule has 166 valence electrons. The van der Waals surface area contributed by atoms with Crippen molar-refractivity contribution in [2.24, 2.45) is 0 Å². The van der Waals surface area contributed by atoms with Gasteiger partial charge in [-0.25, -0.2) is 4.79 Å². The molecule has 0 atom stereocenters. The van der Waals surface area contributed by atoms with E-state index in [-0.39, 0.29) is 23.8 Å². The number of carboxylic acids is 1. The van der Waals surface area contributed by atoms with Crippen LogP contribution < -0.4 is 14.2 Å². The fourth-order valence-corrected chi connectivity index (χ4v) is 3.18. The van der Waals surface area contributed by atoms with E-state index in [9.17, 15) is 14.7 Å². The van der Waals surface area contributed by atoms with Gasteiger partial charge in [-0.1, -0.05) is 42.5 Å². The molecule has 0 spiro atoms. The minimum Gasteiger partial charge on any atom is -0.497 e. The molecule has 0 saturated carbocycles. The van der Waals surface area contributed by atoms with Crippen LogP contribution in [0.25, 0.3) is 0 Å². The molecule has 0 aliphatic carbocycles. The molecule has 7 heteroatoms. The van der Waals surface area contributed by atoms with Crippen molar-refractivity contribution in [3.8, 4) is 17.2 Å². The Labute approximate surface area is 186 Å². The number of carbonyl (C=O) groups is 2. The summed E-state index contributed by atoms with van der Waals surface area (Å²) in [5.41, 5.74) is 1.83. The summed E-state index contributed by atoms with van der Waals surface area (Å²) in [6.07, 6.45) is 0. The maximum atomic E-state index is 13.1. The smallest absolute Gasteiger partial charge is 0.339 e. The zero-order chi connectivity index (χ0) is 22.9. The lowest BCUT2D eigenvalue weighted by Crippen LogP contribution is -2.34. The highest BCUT2D eigenvalue weighted by molar-refractivity contribution is 5.91. The first-order valence-electron chi connectivity index (χ1n) is 9.99. The predicted octanol–water partition coefficient (Wildman–Crippen LogP) is 4.01. The molecule has 0 aromatic heterocycles. The molecule has 0 radical (unpaired) electrons. The third-order valence-electron chi connectivity index (χ3n) is 4.85. The second kappa shape index (κ2) is 10.9.